The Bertz CT molecular complexity index is 291. The van der Waals surface area contributed by atoms with Crippen molar-refractivity contribution >= 4 is 0 Å². The number of aryl methyl sites for hydroxylation is 1. The van der Waals surface area contributed by atoms with Gasteiger partial charge in [0, 0.05) is 18.9 Å². The fourth-order valence-corrected chi connectivity index (χ4v) is 1.41. The molecule has 0 aromatic carbocycles. The molecule has 4 nitrogen and oxygen atoms in total. The summed E-state index contributed by atoms with van der Waals surface area (Å²) in [6.07, 6.45) is 1.66. The molecule has 1 aromatic rings. The highest BCUT2D eigenvalue weighted by atomic mass is 16.7. The third-order valence-electron chi connectivity index (χ3n) is 2.40. The van der Waals surface area contributed by atoms with Crippen LogP contribution in [-0.2, 0) is 16.0 Å². The molecule has 0 N–H and O–H groups in total. The Balaban J connectivity index is 2.60. The molecule has 0 amide bonds. The van der Waals surface area contributed by atoms with Crippen molar-refractivity contribution in [3.8, 4) is 0 Å². The maximum atomic E-state index is 5.48. The van der Waals surface area contributed by atoms with Gasteiger partial charge in [-0.2, -0.15) is 0 Å². The molecule has 1 aromatic heterocycles. The summed E-state index contributed by atoms with van der Waals surface area (Å²) in [4.78, 5) is 4.24. The molecule has 1 rings (SSSR count). The molecular weight excluding hydrogens is 192 g/mol. The molecule has 1 heterocycles. The lowest BCUT2D eigenvalue weighted by Gasteiger charge is -2.18. The molecule has 0 saturated carbocycles. The lowest BCUT2D eigenvalue weighted by Crippen LogP contribution is -2.23. The predicted molar refractivity (Wildman–Crippen MR) is 58.7 cm³/mol. The SMILES string of the molecule is CCOC(Cn1cnc(C)c1C)OCC. The third kappa shape index (κ3) is 3.32. The molecule has 0 radical (unpaired) electrons. The quantitative estimate of drug-likeness (QED) is 0.676. The van der Waals surface area contributed by atoms with Crippen LogP contribution in [0.1, 0.15) is 25.2 Å². The monoisotopic (exact) mass is 212 g/mol. The highest BCUT2D eigenvalue weighted by Gasteiger charge is 2.11. The van der Waals surface area contributed by atoms with E-state index in [0.29, 0.717) is 19.8 Å². The van der Waals surface area contributed by atoms with Crippen molar-refractivity contribution < 1.29 is 9.47 Å². The largest absolute Gasteiger partial charge is 0.351 e. The summed E-state index contributed by atoms with van der Waals surface area (Å²) in [5.41, 5.74) is 2.22. The van der Waals surface area contributed by atoms with Crippen molar-refractivity contribution in [1.29, 1.82) is 0 Å². The van der Waals surface area contributed by atoms with Gasteiger partial charge in [0.05, 0.1) is 18.6 Å². The number of imidazole rings is 1. The van der Waals surface area contributed by atoms with Crippen LogP contribution >= 0.6 is 0 Å². The van der Waals surface area contributed by atoms with Crippen LogP contribution in [-0.4, -0.2) is 29.1 Å². The highest BCUT2D eigenvalue weighted by Crippen LogP contribution is 2.07. The van der Waals surface area contributed by atoms with Gasteiger partial charge in [-0.25, -0.2) is 4.98 Å². The molecule has 0 saturated heterocycles. The second-order valence-corrected chi connectivity index (χ2v) is 3.41. The maximum absolute atomic E-state index is 5.48. The fraction of sp³-hybridized carbons (Fsp3) is 0.727. The number of nitrogens with zero attached hydrogens (tertiary/aromatic N) is 2. The molecule has 0 fully saturated rings. The Morgan fingerprint density at radius 1 is 1.27 bits per heavy atom. The Morgan fingerprint density at radius 3 is 2.27 bits per heavy atom. The smallest absolute Gasteiger partial charge is 0.175 e. The number of ether oxygens (including phenoxy) is 2. The van der Waals surface area contributed by atoms with Gasteiger partial charge in [0.2, 0.25) is 0 Å². The highest BCUT2D eigenvalue weighted by molar-refractivity contribution is 5.08. The Hall–Kier alpha value is -0.870. The molecule has 86 valence electrons. The van der Waals surface area contributed by atoms with Crippen LogP contribution in [0.2, 0.25) is 0 Å². The van der Waals surface area contributed by atoms with E-state index in [4.69, 9.17) is 9.47 Å². The molecule has 0 spiro atoms. The minimum atomic E-state index is -0.174. The van der Waals surface area contributed by atoms with Gasteiger partial charge in [0.1, 0.15) is 0 Å². The van der Waals surface area contributed by atoms with E-state index < -0.39 is 0 Å². The number of rotatable bonds is 6. The topological polar surface area (TPSA) is 36.3 Å². The van der Waals surface area contributed by atoms with Gasteiger partial charge in [-0.1, -0.05) is 0 Å². The van der Waals surface area contributed by atoms with E-state index in [2.05, 4.69) is 16.5 Å². The van der Waals surface area contributed by atoms with Crippen LogP contribution in [0.4, 0.5) is 0 Å². The first kappa shape index (κ1) is 12.2. The lowest BCUT2D eigenvalue weighted by atomic mass is 10.4. The van der Waals surface area contributed by atoms with E-state index in [1.165, 1.54) is 5.69 Å². The van der Waals surface area contributed by atoms with Gasteiger partial charge in [0.25, 0.3) is 0 Å². The van der Waals surface area contributed by atoms with Crippen molar-refractivity contribution in [1.82, 2.24) is 9.55 Å². The maximum Gasteiger partial charge on any atom is 0.175 e. The Labute approximate surface area is 91.2 Å². The first-order valence-corrected chi connectivity index (χ1v) is 5.40. The third-order valence-corrected chi connectivity index (χ3v) is 2.40. The molecule has 0 aliphatic heterocycles. The van der Waals surface area contributed by atoms with E-state index in [1.54, 1.807) is 0 Å². The first-order chi connectivity index (χ1) is 7.19. The Kier molecular flexibility index (Phi) is 4.78. The second-order valence-electron chi connectivity index (χ2n) is 3.41. The number of aromatic nitrogens is 2. The van der Waals surface area contributed by atoms with E-state index in [-0.39, 0.29) is 6.29 Å². The van der Waals surface area contributed by atoms with Crippen LogP contribution < -0.4 is 0 Å². The van der Waals surface area contributed by atoms with Gasteiger partial charge in [-0.05, 0) is 27.7 Å². The van der Waals surface area contributed by atoms with Crippen molar-refractivity contribution in [2.24, 2.45) is 0 Å². The van der Waals surface area contributed by atoms with Crippen LogP contribution in [0.5, 0.6) is 0 Å². The molecule has 0 bridgehead atoms. The standard InChI is InChI=1S/C11H20N2O2/c1-5-14-11(15-6-2)7-13-8-12-9(3)10(13)4/h8,11H,5-7H2,1-4H3. The summed E-state index contributed by atoms with van der Waals surface area (Å²) in [5, 5.41) is 0. The number of hydrogen-bond acceptors (Lipinski definition) is 3. The lowest BCUT2D eigenvalue weighted by molar-refractivity contribution is -0.143. The zero-order valence-electron chi connectivity index (χ0n) is 9.99. The number of hydrogen-bond donors (Lipinski definition) is 0. The van der Waals surface area contributed by atoms with Gasteiger partial charge in [-0.15, -0.1) is 0 Å². The summed E-state index contributed by atoms with van der Waals surface area (Å²) in [5.74, 6) is 0. The van der Waals surface area contributed by atoms with Crippen LogP contribution in [0.25, 0.3) is 0 Å². The van der Waals surface area contributed by atoms with Crippen molar-refractivity contribution in [2.75, 3.05) is 13.2 Å². The van der Waals surface area contributed by atoms with Crippen LogP contribution in [0.15, 0.2) is 6.33 Å². The Morgan fingerprint density at radius 2 is 1.87 bits per heavy atom. The van der Waals surface area contributed by atoms with E-state index in [0.717, 1.165) is 5.69 Å². The minimum Gasteiger partial charge on any atom is -0.351 e. The molecular formula is C11H20N2O2. The molecule has 0 atom stereocenters. The minimum absolute atomic E-state index is 0.174. The summed E-state index contributed by atoms with van der Waals surface area (Å²) in [6.45, 7) is 10.0. The molecule has 15 heavy (non-hydrogen) atoms. The van der Waals surface area contributed by atoms with Gasteiger partial charge < -0.3 is 14.0 Å². The molecule has 0 aliphatic carbocycles. The molecule has 0 unspecified atom stereocenters. The normalized spacial score (nSPS) is 11.3. The van der Waals surface area contributed by atoms with Crippen LogP contribution in [0.3, 0.4) is 0 Å². The van der Waals surface area contributed by atoms with Crippen molar-refractivity contribution in [2.45, 2.75) is 40.5 Å². The molecule has 0 aliphatic rings. The zero-order valence-corrected chi connectivity index (χ0v) is 9.99. The summed E-state index contributed by atoms with van der Waals surface area (Å²) >= 11 is 0. The van der Waals surface area contributed by atoms with E-state index in [1.807, 2.05) is 27.1 Å². The predicted octanol–water partition coefficient (Wildman–Crippen LogP) is 1.90. The van der Waals surface area contributed by atoms with Crippen LogP contribution in [0, 0.1) is 13.8 Å². The second kappa shape index (κ2) is 5.88. The van der Waals surface area contributed by atoms with Gasteiger partial charge >= 0.3 is 0 Å². The average Bonchev–Trinajstić information content (AvgIpc) is 2.51. The molecule has 4 heteroatoms. The van der Waals surface area contributed by atoms with Crippen molar-refractivity contribution in [3.05, 3.63) is 17.7 Å². The van der Waals surface area contributed by atoms with Gasteiger partial charge in [0.15, 0.2) is 6.29 Å². The fourth-order valence-electron chi connectivity index (χ4n) is 1.41. The van der Waals surface area contributed by atoms with E-state index >= 15 is 0 Å². The average molecular weight is 212 g/mol. The van der Waals surface area contributed by atoms with Crippen molar-refractivity contribution in [3.63, 3.8) is 0 Å². The zero-order chi connectivity index (χ0) is 11.3. The first-order valence-electron chi connectivity index (χ1n) is 5.40. The summed E-state index contributed by atoms with van der Waals surface area (Å²) in [6, 6.07) is 0. The summed E-state index contributed by atoms with van der Waals surface area (Å²) in [7, 11) is 0. The summed E-state index contributed by atoms with van der Waals surface area (Å²) < 4.78 is 13.0. The van der Waals surface area contributed by atoms with E-state index in [9.17, 15) is 0 Å². The van der Waals surface area contributed by atoms with Gasteiger partial charge in [-0.3, -0.25) is 0 Å².